The molecule has 0 unspecified atom stereocenters. The summed E-state index contributed by atoms with van der Waals surface area (Å²) in [6.07, 6.45) is 4.99. The molecule has 1 atom stereocenters. The maximum Gasteiger partial charge on any atom is 0.251 e. The average molecular weight is 469 g/mol. The number of para-hydroxylation sites is 1. The van der Waals surface area contributed by atoms with Gasteiger partial charge in [0.1, 0.15) is 24.2 Å². The van der Waals surface area contributed by atoms with E-state index < -0.39 is 17.8 Å². The van der Waals surface area contributed by atoms with Crippen molar-refractivity contribution in [1.29, 1.82) is 0 Å². The summed E-state index contributed by atoms with van der Waals surface area (Å²) in [5, 5.41) is 15.2. The van der Waals surface area contributed by atoms with Crippen LogP contribution in [0.25, 0.3) is 11.6 Å². The van der Waals surface area contributed by atoms with Crippen LogP contribution in [0.3, 0.4) is 0 Å². The summed E-state index contributed by atoms with van der Waals surface area (Å²) < 4.78 is 20.4. The number of benzene rings is 1. The molecule has 0 spiro atoms. The normalized spacial score (nSPS) is 14.8. The van der Waals surface area contributed by atoms with Crippen LogP contribution in [0.2, 0.25) is 0 Å². The number of tetrazole rings is 1. The van der Waals surface area contributed by atoms with Crippen molar-refractivity contribution in [3.63, 3.8) is 0 Å². The fourth-order valence-corrected chi connectivity index (χ4v) is 4.30. The zero-order valence-corrected chi connectivity index (χ0v) is 19.4. The van der Waals surface area contributed by atoms with Crippen molar-refractivity contribution in [2.24, 2.45) is 0 Å². The first kappa shape index (κ1) is 23.6. The SMILES string of the molecule is CCC[C@@H](C(=O)NC1CCCC1)N(C(=O)Cn1nnc(-c2ccc(C)o2)n1)c1ccccc1F. The zero-order valence-electron chi connectivity index (χ0n) is 19.4. The third-order valence-electron chi connectivity index (χ3n) is 5.95. The largest absolute Gasteiger partial charge is 0.458 e. The Morgan fingerprint density at radius 2 is 2.00 bits per heavy atom. The number of anilines is 1. The molecule has 1 aliphatic rings. The summed E-state index contributed by atoms with van der Waals surface area (Å²) in [6, 6.07) is 8.69. The van der Waals surface area contributed by atoms with Gasteiger partial charge in [0.2, 0.25) is 11.7 Å². The molecule has 0 bridgehead atoms. The molecular weight excluding hydrogens is 439 g/mol. The van der Waals surface area contributed by atoms with E-state index in [9.17, 15) is 14.0 Å². The topological polar surface area (TPSA) is 106 Å². The van der Waals surface area contributed by atoms with Crippen LogP contribution in [-0.4, -0.2) is 44.1 Å². The molecule has 34 heavy (non-hydrogen) atoms. The van der Waals surface area contributed by atoms with Crippen LogP contribution < -0.4 is 10.2 Å². The van der Waals surface area contributed by atoms with Crippen LogP contribution in [0.5, 0.6) is 0 Å². The van der Waals surface area contributed by atoms with Crippen LogP contribution in [-0.2, 0) is 16.1 Å². The monoisotopic (exact) mass is 468 g/mol. The quantitative estimate of drug-likeness (QED) is 0.514. The Morgan fingerprint density at radius 1 is 1.24 bits per heavy atom. The molecule has 3 aromatic rings. The average Bonchev–Trinajstić information content (AvgIpc) is 3.57. The molecule has 180 valence electrons. The first-order valence-corrected chi connectivity index (χ1v) is 11.7. The number of amides is 2. The van der Waals surface area contributed by atoms with Crippen LogP contribution in [0, 0.1) is 12.7 Å². The van der Waals surface area contributed by atoms with E-state index >= 15 is 0 Å². The number of nitrogens with zero attached hydrogens (tertiary/aromatic N) is 5. The van der Waals surface area contributed by atoms with Crippen LogP contribution in [0.1, 0.15) is 51.2 Å². The summed E-state index contributed by atoms with van der Waals surface area (Å²) in [5.74, 6) is 0.00508. The summed E-state index contributed by atoms with van der Waals surface area (Å²) >= 11 is 0. The Morgan fingerprint density at radius 3 is 2.68 bits per heavy atom. The molecule has 1 aromatic carbocycles. The lowest BCUT2D eigenvalue weighted by Crippen LogP contribution is -2.53. The van der Waals surface area contributed by atoms with Crippen LogP contribution in [0.4, 0.5) is 10.1 Å². The van der Waals surface area contributed by atoms with E-state index in [1.165, 1.54) is 17.0 Å². The van der Waals surface area contributed by atoms with Crippen molar-refractivity contribution in [2.75, 3.05) is 4.90 Å². The molecule has 1 fully saturated rings. The standard InChI is InChI=1S/C24H29FN6O3/c1-3-8-20(24(33)26-17-9-4-5-10-17)31(19-12-7-6-11-18(19)25)22(32)15-30-28-23(27-29-30)21-14-13-16(2)34-21/h6-7,11-14,17,20H,3-5,8-10,15H2,1-2H3,(H,26,33)/t20-/m0/s1. The third-order valence-corrected chi connectivity index (χ3v) is 5.95. The van der Waals surface area contributed by atoms with Gasteiger partial charge in [-0.05, 0) is 55.7 Å². The van der Waals surface area contributed by atoms with Gasteiger partial charge in [-0.15, -0.1) is 10.2 Å². The van der Waals surface area contributed by atoms with E-state index in [1.54, 1.807) is 31.2 Å². The van der Waals surface area contributed by atoms with E-state index in [1.807, 2.05) is 6.92 Å². The first-order chi connectivity index (χ1) is 16.5. The highest BCUT2D eigenvalue weighted by Gasteiger charge is 2.34. The Kier molecular flexibility index (Phi) is 7.34. The molecule has 0 radical (unpaired) electrons. The lowest BCUT2D eigenvalue weighted by molar-refractivity contribution is -0.127. The third kappa shape index (κ3) is 5.32. The summed E-state index contributed by atoms with van der Waals surface area (Å²) in [5.41, 5.74) is 0.0505. The second kappa shape index (κ2) is 10.6. The minimum absolute atomic E-state index is 0.0505. The number of hydrogen-bond acceptors (Lipinski definition) is 6. The molecule has 2 heterocycles. The fraction of sp³-hybridized carbons (Fsp3) is 0.458. The molecule has 2 amide bonds. The fourth-order valence-electron chi connectivity index (χ4n) is 4.30. The lowest BCUT2D eigenvalue weighted by Gasteiger charge is -2.32. The second-order valence-electron chi connectivity index (χ2n) is 8.56. The minimum Gasteiger partial charge on any atom is -0.458 e. The Bertz CT molecular complexity index is 1140. The number of carbonyl (C=O) groups is 2. The molecule has 9 nitrogen and oxygen atoms in total. The van der Waals surface area contributed by atoms with Crippen molar-refractivity contribution < 1.29 is 18.4 Å². The molecule has 10 heteroatoms. The zero-order chi connectivity index (χ0) is 24.1. The minimum atomic E-state index is -0.856. The maximum atomic E-state index is 14.8. The van der Waals surface area contributed by atoms with Gasteiger partial charge in [0.05, 0.1) is 5.69 Å². The number of furan rings is 1. The molecular formula is C24H29FN6O3. The van der Waals surface area contributed by atoms with Gasteiger partial charge in [-0.2, -0.15) is 4.80 Å². The summed E-state index contributed by atoms with van der Waals surface area (Å²) in [4.78, 5) is 29.1. The first-order valence-electron chi connectivity index (χ1n) is 11.7. The summed E-state index contributed by atoms with van der Waals surface area (Å²) in [7, 11) is 0. The molecule has 0 aliphatic heterocycles. The lowest BCUT2D eigenvalue weighted by atomic mass is 10.1. The van der Waals surface area contributed by atoms with Crippen LogP contribution in [0.15, 0.2) is 40.8 Å². The van der Waals surface area contributed by atoms with E-state index in [2.05, 4.69) is 20.7 Å². The number of carbonyl (C=O) groups excluding carboxylic acids is 2. The highest BCUT2D eigenvalue weighted by molar-refractivity contribution is 6.00. The van der Waals surface area contributed by atoms with E-state index in [4.69, 9.17) is 4.42 Å². The van der Waals surface area contributed by atoms with Gasteiger partial charge in [-0.25, -0.2) is 4.39 Å². The molecule has 1 aliphatic carbocycles. The Hall–Kier alpha value is -3.56. The number of aromatic nitrogens is 4. The number of nitrogens with one attached hydrogen (secondary N) is 1. The van der Waals surface area contributed by atoms with Gasteiger partial charge in [0.25, 0.3) is 5.91 Å². The van der Waals surface area contributed by atoms with Crippen molar-refractivity contribution in [1.82, 2.24) is 25.5 Å². The molecule has 1 saturated carbocycles. The predicted molar refractivity (Wildman–Crippen MR) is 123 cm³/mol. The Labute approximate surface area is 197 Å². The van der Waals surface area contributed by atoms with Crippen molar-refractivity contribution in [2.45, 2.75) is 71.0 Å². The van der Waals surface area contributed by atoms with E-state index in [0.717, 1.165) is 30.5 Å². The predicted octanol–water partition coefficient (Wildman–Crippen LogP) is 3.64. The number of hydrogen-bond donors (Lipinski definition) is 1. The van der Waals surface area contributed by atoms with Crippen LogP contribution >= 0.6 is 0 Å². The molecule has 1 N–H and O–H groups in total. The highest BCUT2D eigenvalue weighted by Crippen LogP contribution is 2.25. The number of rotatable bonds is 9. The molecule has 0 saturated heterocycles. The van der Waals surface area contributed by atoms with Gasteiger partial charge in [0, 0.05) is 6.04 Å². The number of halogens is 1. The maximum absolute atomic E-state index is 14.8. The molecule has 4 rings (SSSR count). The van der Waals surface area contributed by atoms with Gasteiger partial charge >= 0.3 is 0 Å². The van der Waals surface area contributed by atoms with Gasteiger partial charge in [0.15, 0.2) is 5.76 Å². The van der Waals surface area contributed by atoms with Gasteiger partial charge < -0.3 is 9.73 Å². The van der Waals surface area contributed by atoms with E-state index in [-0.39, 0.29) is 30.0 Å². The second-order valence-corrected chi connectivity index (χ2v) is 8.56. The highest BCUT2D eigenvalue weighted by atomic mass is 19.1. The number of aryl methyl sites for hydroxylation is 1. The van der Waals surface area contributed by atoms with Gasteiger partial charge in [-0.3, -0.25) is 14.5 Å². The smallest absolute Gasteiger partial charge is 0.251 e. The van der Waals surface area contributed by atoms with Gasteiger partial charge in [-0.1, -0.05) is 38.3 Å². The van der Waals surface area contributed by atoms with Crippen molar-refractivity contribution in [3.05, 3.63) is 48.0 Å². The molecule has 2 aromatic heterocycles. The Balaban J connectivity index is 1.60. The van der Waals surface area contributed by atoms with Crippen molar-refractivity contribution >= 4 is 17.5 Å². The summed E-state index contributed by atoms with van der Waals surface area (Å²) in [6.45, 7) is 3.42. The van der Waals surface area contributed by atoms with Crippen molar-refractivity contribution in [3.8, 4) is 11.6 Å². The van der Waals surface area contributed by atoms with E-state index in [0.29, 0.717) is 24.4 Å².